The van der Waals surface area contributed by atoms with Gasteiger partial charge in [0.2, 0.25) is 0 Å². The summed E-state index contributed by atoms with van der Waals surface area (Å²) in [7, 11) is 0. The third kappa shape index (κ3) is 44.6. The van der Waals surface area contributed by atoms with Crippen LogP contribution in [0.2, 0.25) is 0 Å². The largest absolute Gasteiger partial charge is 0 e. The molecule has 0 spiro atoms. The maximum absolute atomic E-state index is 10.3. The Kier molecular flexibility index (Phi) is 41.2. The number of hydrogen-bond donors (Lipinski definition) is 2. The van der Waals surface area contributed by atoms with Crippen molar-refractivity contribution >= 4 is 63.3 Å². The number of rotatable bonds is 16. The molecule has 0 fully saturated rings. The van der Waals surface area contributed by atoms with Crippen molar-refractivity contribution in [1.29, 1.82) is 0 Å². The first-order valence-electron chi connectivity index (χ1n) is 9.92. The Balaban J connectivity index is -0.000000363. The van der Waals surface area contributed by atoms with E-state index in [0.29, 0.717) is 6.42 Å². The average molecular weight is 450 g/mol. The fourth-order valence-electron chi connectivity index (χ4n) is 2.65. The van der Waals surface area contributed by atoms with Crippen molar-refractivity contribution < 1.29 is 39.3 Å². The molecule has 0 saturated heterocycles. The van der Waals surface area contributed by atoms with Gasteiger partial charge in [-0.3, -0.25) is 9.59 Å². The standard InChI is InChI=1S/C18H36O2.C2H4O2.K.Zn.H/c1-2-3-4-5-6-7-8-9-10-11-12-13-14-15-16-17-18(19)20;1-2(3)4;;;/h2-17H2,1H3,(H,19,20);1H3,(H,3,4);;;. The molecule has 0 aromatic carbocycles. The number of carboxylic acid groups (broad SMARTS) is 2. The summed E-state index contributed by atoms with van der Waals surface area (Å²) in [6.45, 7) is 3.35. The third-order valence-electron chi connectivity index (χ3n) is 3.99. The van der Waals surface area contributed by atoms with E-state index in [1.165, 1.54) is 83.5 Å². The summed E-state index contributed by atoms with van der Waals surface area (Å²) in [5, 5.41) is 15.9. The van der Waals surface area contributed by atoms with E-state index in [1.807, 2.05) is 0 Å². The SMILES string of the molecule is CC(=O)O.CCCCCCCCCCCCCCCCCC(=O)O.[KH].[Zn]. The van der Waals surface area contributed by atoms with Crippen LogP contribution < -0.4 is 0 Å². The molecule has 0 aliphatic heterocycles. The van der Waals surface area contributed by atoms with Crippen LogP contribution in [0.15, 0.2) is 0 Å². The molecule has 0 aliphatic rings. The van der Waals surface area contributed by atoms with Crippen LogP contribution >= 0.6 is 0 Å². The predicted molar refractivity (Wildman–Crippen MR) is 108 cm³/mol. The van der Waals surface area contributed by atoms with Crippen LogP contribution in [0, 0.1) is 0 Å². The summed E-state index contributed by atoms with van der Waals surface area (Å²) < 4.78 is 0. The molecule has 2 N–H and O–H groups in total. The molecule has 4 nitrogen and oxygen atoms in total. The molecule has 0 atom stereocenters. The van der Waals surface area contributed by atoms with Crippen LogP contribution in [0.4, 0.5) is 0 Å². The molecule has 0 rings (SSSR count). The van der Waals surface area contributed by atoms with E-state index in [1.54, 1.807) is 0 Å². The maximum atomic E-state index is 10.3. The van der Waals surface area contributed by atoms with Crippen molar-refractivity contribution in [2.45, 2.75) is 117 Å². The first kappa shape index (κ1) is 34.7. The van der Waals surface area contributed by atoms with E-state index in [0.717, 1.165) is 19.8 Å². The zero-order valence-electron chi connectivity index (χ0n) is 16.7. The van der Waals surface area contributed by atoms with E-state index in [-0.39, 0.29) is 70.9 Å². The second-order valence-corrected chi connectivity index (χ2v) is 6.61. The smallest absolute Gasteiger partial charge is 0 e. The van der Waals surface area contributed by atoms with Crippen molar-refractivity contribution in [2.75, 3.05) is 0 Å². The molecule has 0 amide bonds. The van der Waals surface area contributed by atoms with Gasteiger partial charge in [-0.15, -0.1) is 0 Å². The Hall–Kier alpha value is 1.20. The van der Waals surface area contributed by atoms with Crippen LogP contribution in [0.3, 0.4) is 0 Å². The second-order valence-electron chi connectivity index (χ2n) is 6.61. The van der Waals surface area contributed by atoms with Crippen molar-refractivity contribution in [1.82, 2.24) is 0 Å². The first-order valence-corrected chi connectivity index (χ1v) is 9.92. The Morgan fingerprint density at radius 2 is 0.846 bits per heavy atom. The molecule has 6 heteroatoms. The first-order chi connectivity index (χ1) is 11.5. The van der Waals surface area contributed by atoms with Gasteiger partial charge in [0.05, 0.1) is 0 Å². The van der Waals surface area contributed by atoms with Gasteiger partial charge in [-0.1, -0.05) is 96.8 Å². The number of carboxylic acids is 2. The van der Waals surface area contributed by atoms with Gasteiger partial charge in [0.1, 0.15) is 0 Å². The normalized spacial score (nSPS) is 9.31. The van der Waals surface area contributed by atoms with Crippen molar-refractivity contribution in [2.24, 2.45) is 0 Å². The molecule has 0 saturated carbocycles. The topological polar surface area (TPSA) is 74.6 Å². The molecule has 0 bridgehead atoms. The molecule has 0 aromatic rings. The molecule has 0 radical (unpaired) electrons. The summed E-state index contributed by atoms with van der Waals surface area (Å²) >= 11 is 0. The molecular formula is C20H41KO4Zn. The maximum Gasteiger partial charge on any atom is 0 e. The van der Waals surface area contributed by atoms with Gasteiger partial charge >= 0.3 is 57.4 Å². The van der Waals surface area contributed by atoms with Gasteiger partial charge in [-0.25, -0.2) is 0 Å². The number of unbranched alkanes of at least 4 members (excludes halogenated alkanes) is 14. The van der Waals surface area contributed by atoms with E-state index >= 15 is 0 Å². The number of aliphatic carboxylic acids is 2. The monoisotopic (exact) mass is 448 g/mol. The van der Waals surface area contributed by atoms with Crippen LogP contribution in [0.5, 0.6) is 0 Å². The molecule has 0 aliphatic carbocycles. The van der Waals surface area contributed by atoms with E-state index in [9.17, 15) is 4.79 Å². The average Bonchev–Trinajstić information content (AvgIpc) is 2.50. The summed E-state index contributed by atoms with van der Waals surface area (Å²) in [6.07, 6.45) is 20.2. The summed E-state index contributed by atoms with van der Waals surface area (Å²) in [5.74, 6) is -1.49. The molecule has 0 aromatic heterocycles. The van der Waals surface area contributed by atoms with Crippen LogP contribution in [0.25, 0.3) is 0 Å². The number of hydrogen-bond acceptors (Lipinski definition) is 2. The predicted octanol–water partition coefficient (Wildman–Crippen LogP) is 5.77. The fraction of sp³-hybridized carbons (Fsp3) is 0.900. The molecular weight excluding hydrogens is 409 g/mol. The van der Waals surface area contributed by atoms with Crippen molar-refractivity contribution in [3.8, 4) is 0 Å². The van der Waals surface area contributed by atoms with E-state index in [4.69, 9.17) is 15.0 Å². The second kappa shape index (κ2) is 30.9. The zero-order valence-corrected chi connectivity index (χ0v) is 19.7. The van der Waals surface area contributed by atoms with E-state index in [2.05, 4.69) is 6.92 Å². The third-order valence-corrected chi connectivity index (χ3v) is 3.99. The van der Waals surface area contributed by atoms with Gasteiger partial charge in [-0.05, 0) is 6.42 Å². The van der Waals surface area contributed by atoms with Crippen LogP contribution in [-0.4, -0.2) is 73.5 Å². The Labute approximate surface area is 216 Å². The Bertz CT molecular complexity index is 285. The van der Waals surface area contributed by atoms with Gasteiger partial charge in [0, 0.05) is 32.8 Å². The molecule has 26 heavy (non-hydrogen) atoms. The van der Waals surface area contributed by atoms with Crippen molar-refractivity contribution in [3.05, 3.63) is 0 Å². The van der Waals surface area contributed by atoms with Crippen molar-refractivity contribution in [3.63, 3.8) is 0 Å². The molecule has 148 valence electrons. The zero-order chi connectivity index (χ0) is 18.5. The summed E-state index contributed by atoms with van der Waals surface area (Å²) in [6, 6.07) is 0. The van der Waals surface area contributed by atoms with Gasteiger partial charge in [0.25, 0.3) is 5.97 Å². The Morgan fingerprint density at radius 3 is 1.08 bits per heavy atom. The van der Waals surface area contributed by atoms with Crippen LogP contribution in [-0.2, 0) is 29.1 Å². The minimum Gasteiger partial charge on any atom is 0 e. The summed E-state index contributed by atoms with van der Waals surface area (Å²) in [5.41, 5.74) is 0. The molecule has 0 heterocycles. The van der Waals surface area contributed by atoms with E-state index < -0.39 is 11.9 Å². The molecule has 0 unspecified atom stereocenters. The van der Waals surface area contributed by atoms with Gasteiger partial charge in [0.15, 0.2) is 0 Å². The number of carbonyl (C=O) groups is 2. The Morgan fingerprint density at radius 1 is 0.615 bits per heavy atom. The summed E-state index contributed by atoms with van der Waals surface area (Å²) in [4.78, 5) is 19.3. The van der Waals surface area contributed by atoms with Crippen LogP contribution in [0.1, 0.15) is 117 Å². The fourth-order valence-corrected chi connectivity index (χ4v) is 2.65. The van der Waals surface area contributed by atoms with Gasteiger partial charge < -0.3 is 10.2 Å². The minimum absolute atomic E-state index is 0. The quantitative estimate of drug-likeness (QED) is 0.231. The van der Waals surface area contributed by atoms with Gasteiger partial charge in [-0.2, -0.15) is 0 Å². The minimum atomic E-state index is -0.833.